The molecule has 0 aromatic carbocycles. The van der Waals surface area contributed by atoms with E-state index in [2.05, 4.69) is 0 Å². The smallest absolute Gasteiger partial charge is 0.228 e. The first-order valence-electron chi connectivity index (χ1n) is 6.33. The highest BCUT2D eigenvalue weighted by Gasteiger charge is 2.30. The molecule has 1 fully saturated rings. The van der Waals surface area contributed by atoms with Crippen molar-refractivity contribution in [1.82, 2.24) is 9.96 Å². The number of hydroxylamine groups is 2. The Morgan fingerprint density at radius 3 is 1.76 bits per heavy atom. The van der Waals surface area contributed by atoms with Crippen LogP contribution in [0.3, 0.4) is 0 Å². The Labute approximate surface area is 105 Å². The fourth-order valence-electron chi connectivity index (χ4n) is 1.84. The number of hydrogen-bond donors (Lipinski definition) is 0. The summed E-state index contributed by atoms with van der Waals surface area (Å²) in [6.45, 7) is 15.1. The molecule has 0 unspecified atom stereocenters. The van der Waals surface area contributed by atoms with Gasteiger partial charge in [0.2, 0.25) is 5.91 Å². The van der Waals surface area contributed by atoms with Crippen LogP contribution in [0.25, 0.3) is 0 Å². The van der Waals surface area contributed by atoms with Gasteiger partial charge in [-0.2, -0.15) is 5.06 Å². The molecule has 1 saturated heterocycles. The SMILES string of the molecule is CC(C)(C)ON1CCN(C(=O)C(C)(C)C)CC1. The zero-order chi connectivity index (χ0) is 13.3. The van der Waals surface area contributed by atoms with Crippen molar-refractivity contribution in [2.75, 3.05) is 26.2 Å². The highest BCUT2D eigenvalue weighted by Crippen LogP contribution is 2.19. The fraction of sp³-hybridized carbons (Fsp3) is 0.923. The molecule has 0 spiro atoms. The maximum absolute atomic E-state index is 12.1. The number of rotatable bonds is 1. The van der Waals surface area contributed by atoms with Crippen LogP contribution in [-0.4, -0.2) is 47.7 Å². The van der Waals surface area contributed by atoms with E-state index in [1.165, 1.54) is 0 Å². The molecule has 0 radical (unpaired) electrons. The second kappa shape index (κ2) is 4.94. The van der Waals surface area contributed by atoms with Crippen LogP contribution in [0.2, 0.25) is 0 Å². The minimum absolute atomic E-state index is 0.157. The number of carbonyl (C=O) groups excluding carboxylic acids is 1. The fourth-order valence-corrected chi connectivity index (χ4v) is 1.84. The minimum atomic E-state index is -0.285. The summed E-state index contributed by atoms with van der Waals surface area (Å²) in [5, 5.41) is 1.96. The van der Waals surface area contributed by atoms with Gasteiger partial charge in [0.15, 0.2) is 0 Å². The van der Waals surface area contributed by atoms with Crippen molar-refractivity contribution in [3.63, 3.8) is 0 Å². The molecule has 0 aromatic heterocycles. The van der Waals surface area contributed by atoms with E-state index in [9.17, 15) is 4.79 Å². The third kappa shape index (κ3) is 4.64. The van der Waals surface area contributed by atoms with Gasteiger partial charge >= 0.3 is 0 Å². The predicted molar refractivity (Wildman–Crippen MR) is 68.4 cm³/mol. The first-order valence-corrected chi connectivity index (χ1v) is 6.33. The van der Waals surface area contributed by atoms with Gasteiger partial charge in [-0.25, -0.2) is 0 Å². The summed E-state index contributed by atoms with van der Waals surface area (Å²) in [6, 6.07) is 0. The maximum Gasteiger partial charge on any atom is 0.228 e. The van der Waals surface area contributed by atoms with Gasteiger partial charge in [0.25, 0.3) is 0 Å². The third-order valence-electron chi connectivity index (χ3n) is 2.57. The zero-order valence-electron chi connectivity index (χ0n) is 12.0. The number of hydrogen-bond acceptors (Lipinski definition) is 3. The highest BCUT2D eigenvalue weighted by molar-refractivity contribution is 5.81. The summed E-state index contributed by atoms with van der Waals surface area (Å²) in [4.78, 5) is 19.8. The van der Waals surface area contributed by atoms with Gasteiger partial charge in [0, 0.05) is 31.6 Å². The standard InChI is InChI=1S/C13H26N2O2/c1-12(2,3)11(16)14-7-9-15(10-8-14)17-13(4,5)6/h7-10H2,1-6H3. The summed E-state index contributed by atoms with van der Waals surface area (Å²) in [5.74, 6) is 0.230. The Hall–Kier alpha value is -0.610. The van der Waals surface area contributed by atoms with Gasteiger partial charge in [-0.15, -0.1) is 0 Å². The van der Waals surface area contributed by atoms with Crippen molar-refractivity contribution in [2.45, 2.75) is 47.1 Å². The van der Waals surface area contributed by atoms with E-state index in [0.717, 1.165) is 26.2 Å². The molecule has 1 amide bonds. The predicted octanol–water partition coefficient (Wildman–Crippen LogP) is 1.91. The van der Waals surface area contributed by atoms with Gasteiger partial charge in [-0.3, -0.25) is 9.63 Å². The Bertz CT molecular complexity index is 268. The van der Waals surface area contributed by atoms with Crippen LogP contribution in [0.4, 0.5) is 0 Å². The number of amides is 1. The van der Waals surface area contributed by atoms with Crippen molar-refractivity contribution in [3.05, 3.63) is 0 Å². The molecule has 0 bridgehead atoms. The minimum Gasteiger partial charge on any atom is -0.339 e. The first kappa shape index (κ1) is 14.5. The monoisotopic (exact) mass is 242 g/mol. The Kier molecular flexibility index (Phi) is 4.20. The lowest BCUT2D eigenvalue weighted by Crippen LogP contribution is -2.52. The Balaban J connectivity index is 2.44. The van der Waals surface area contributed by atoms with Crippen LogP contribution in [0, 0.1) is 5.41 Å². The Morgan fingerprint density at radius 1 is 0.941 bits per heavy atom. The topological polar surface area (TPSA) is 32.8 Å². The lowest BCUT2D eigenvalue weighted by molar-refractivity contribution is -0.239. The maximum atomic E-state index is 12.1. The van der Waals surface area contributed by atoms with Crippen molar-refractivity contribution in [2.24, 2.45) is 5.41 Å². The molecule has 0 aromatic rings. The van der Waals surface area contributed by atoms with E-state index < -0.39 is 0 Å². The highest BCUT2D eigenvalue weighted by atomic mass is 16.7. The molecule has 1 rings (SSSR count). The van der Waals surface area contributed by atoms with E-state index in [1.807, 2.05) is 51.5 Å². The first-order chi connectivity index (χ1) is 7.59. The summed E-state index contributed by atoms with van der Waals surface area (Å²) >= 11 is 0. The quantitative estimate of drug-likeness (QED) is 0.704. The lowest BCUT2D eigenvalue weighted by atomic mass is 9.94. The van der Waals surface area contributed by atoms with Crippen LogP contribution in [0.5, 0.6) is 0 Å². The molecular formula is C13H26N2O2. The van der Waals surface area contributed by atoms with E-state index in [-0.39, 0.29) is 16.9 Å². The van der Waals surface area contributed by atoms with E-state index in [1.54, 1.807) is 0 Å². The van der Waals surface area contributed by atoms with Crippen molar-refractivity contribution >= 4 is 5.91 Å². The molecule has 4 heteroatoms. The van der Waals surface area contributed by atoms with Crippen LogP contribution < -0.4 is 0 Å². The van der Waals surface area contributed by atoms with Gasteiger partial charge in [0.1, 0.15) is 0 Å². The van der Waals surface area contributed by atoms with Crippen molar-refractivity contribution < 1.29 is 9.63 Å². The number of carbonyl (C=O) groups is 1. The molecule has 17 heavy (non-hydrogen) atoms. The molecule has 1 aliphatic heterocycles. The summed E-state index contributed by atoms with van der Waals surface area (Å²) in [6.07, 6.45) is 0. The second-order valence-corrected chi connectivity index (χ2v) is 6.67. The van der Waals surface area contributed by atoms with E-state index >= 15 is 0 Å². The zero-order valence-corrected chi connectivity index (χ0v) is 12.0. The summed E-state index contributed by atoms with van der Waals surface area (Å²) in [5.41, 5.74) is -0.441. The number of piperazine rings is 1. The van der Waals surface area contributed by atoms with Crippen LogP contribution in [-0.2, 0) is 9.63 Å². The van der Waals surface area contributed by atoms with Crippen LogP contribution >= 0.6 is 0 Å². The van der Waals surface area contributed by atoms with Crippen molar-refractivity contribution in [3.8, 4) is 0 Å². The normalized spacial score (nSPS) is 19.5. The molecule has 1 heterocycles. The summed E-state index contributed by atoms with van der Waals surface area (Å²) < 4.78 is 0. The molecule has 4 nitrogen and oxygen atoms in total. The largest absolute Gasteiger partial charge is 0.339 e. The molecule has 0 atom stereocenters. The van der Waals surface area contributed by atoms with E-state index in [0.29, 0.717) is 0 Å². The summed E-state index contributed by atoms with van der Waals surface area (Å²) in [7, 11) is 0. The van der Waals surface area contributed by atoms with E-state index in [4.69, 9.17) is 4.84 Å². The van der Waals surface area contributed by atoms with Crippen molar-refractivity contribution in [1.29, 1.82) is 0 Å². The molecule has 0 N–H and O–H groups in total. The molecule has 0 aliphatic carbocycles. The number of nitrogens with zero attached hydrogens (tertiary/aromatic N) is 2. The average Bonchev–Trinajstić information content (AvgIpc) is 2.14. The van der Waals surface area contributed by atoms with Crippen LogP contribution in [0.1, 0.15) is 41.5 Å². The van der Waals surface area contributed by atoms with Crippen LogP contribution in [0.15, 0.2) is 0 Å². The van der Waals surface area contributed by atoms with Gasteiger partial charge in [0.05, 0.1) is 5.60 Å². The Morgan fingerprint density at radius 2 is 1.41 bits per heavy atom. The van der Waals surface area contributed by atoms with Gasteiger partial charge in [-0.05, 0) is 20.8 Å². The molecule has 100 valence electrons. The third-order valence-corrected chi connectivity index (χ3v) is 2.57. The molecular weight excluding hydrogens is 216 g/mol. The molecule has 0 saturated carbocycles. The van der Waals surface area contributed by atoms with Gasteiger partial charge < -0.3 is 4.90 Å². The second-order valence-electron chi connectivity index (χ2n) is 6.67. The average molecular weight is 242 g/mol. The lowest BCUT2D eigenvalue weighted by Gasteiger charge is -2.39. The van der Waals surface area contributed by atoms with Gasteiger partial charge in [-0.1, -0.05) is 20.8 Å². The molecule has 1 aliphatic rings.